The van der Waals surface area contributed by atoms with Crippen LogP contribution in [0, 0.1) is 0 Å². The van der Waals surface area contributed by atoms with Crippen LogP contribution in [-0.4, -0.2) is 45.7 Å². The van der Waals surface area contributed by atoms with Crippen molar-refractivity contribution in [1.29, 1.82) is 0 Å². The standard InChI is InChI=1S/C25H26ClN3O2/c1-4-15(2)28-14-21(30)29-13-18(16-9-5-7-11-19(16)26)22-17-10-6-8-12-20(17)27-23(22)25(29,3)24(28)31/h5-12,15,18,27H,4,13-14H2,1-3H3. The number of hydrogen-bond donors (Lipinski definition) is 1. The summed E-state index contributed by atoms with van der Waals surface area (Å²) in [5, 5.41) is 1.74. The van der Waals surface area contributed by atoms with Crippen molar-refractivity contribution < 1.29 is 9.59 Å². The average molecular weight is 436 g/mol. The molecular weight excluding hydrogens is 410 g/mol. The number of fused-ring (bicyclic) bond motifs is 5. The number of hydrogen-bond acceptors (Lipinski definition) is 2. The van der Waals surface area contributed by atoms with Crippen molar-refractivity contribution in [1.82, 2.24) is 14.8 Å². The number of piperazine rings is 1. The Morgan fingerprint density at radius 2 is 1.87 bits per heavy atom. The van der Waals surface area contributed by atoms with Gasteiger partial charge in [0, 0.05) is 34.4 Å². The predicted octanol–water partition coefficient (Wildman–Crippen LogP) is 4.65. The van der Waals surface area contributed by atoms with E-state index in [1.165, 1.54) is 0 Å². The predicted molar refractivity (Wildman–Crippen MR) is 122 cm³/mol. The molecule has 1 aromatic heterocycles. The van der Waals surface area contributed by atoms with E-state index in [-0.39, 0.29) is 30.3 Å². The summed E-state index contributed by atoms with van der Waals surface area (Å²) < 4.78 is 0. The smallest absolute Gasteiger partial charge is 0.255 e. The Balaban J connectivity index is 1.78. The topological polar surface area (TPSA) is 56.4 Å². The van der Waals surface area contributed by atoms with Gasteiger partial charge in [0.05, 0.1) is 5.69 Å². The summed E-state index contributed by atoms with van der Waals surface area (Å²) in [5.41, 5.74) is 2.74. The Morgan fingerprint density at radius 1 is 1.16 bits per heavy atom. The molecule has 6 heteroatoms. The first-order valence-electron chi connectivity index (χ1n) is 10.8. The van der Waals surface area contributed by atoms with Crippen LogP contribution in [0.15, 0.2) is 48.5 Å². The normalized spacial score (nSPS) is 24.3. The summed E-state index contributed by atoms with van der Waals surface area (Å²) in [5.74, 6) is -0.157. The minimum absolute atomic E-state index is 0.00421. The SMILES string of the molecule is CCC(C)N1CC(=O)N2CC(c3ccccc3Cl)c3c([nH]c4ccccc34)C2(C)C1=O. The molecule has 1 saturated heterocycles. The number of para-hydroxylation sites is 1. The second-order valence-corrected chi connectivity index (χ2v) is 9.21. The van der Waals surface area contributed by atoms with E-state index in [2.05, 4.69) is 11.1 Å². The molecule has 31 heavy (non-hydrogen) atoms. The lowest BCUT2D eigenvalue weighted by molar-refractivity contribution is -0.168. The molecule has 5 nitrogen and oxygen atoms in total. The third-order valence-electron chi connectivity index (χ3n) is 7.17. The second-order valence-electron chi connectivity index (χ2n) is 8.80. The molecule has 3 aromatic rings. The minimum Gasteiger partial charge on any atom is -0.356 e. The van der Waals surface area contributed by atoms with Gasteiger partial charge in [0.25, 0.3) is 5.91 Å². The van der Waals surface area contributed by atoms with Gasteiger partial charge in [0.1, 0.15) is 6.54 Å². The van der Waals surface area contributed by atoms with Crippen LogP contribution in [0.25, 0.3) is 10.9 Å². The van der Waals surface area contributed by atoms with Crippen LogP contribution < -0.4 is 0 Å². The Kier molecular flexibility index (Phi) is 4.63. The number of benzene rings is 2. The van der Waals surface area contributed by atoms with Crippen LogP contribution in [0.4, 0.5) is 0 Å². The molecule has 2 amide bonds. The number of aromatic amines is 1. The maximum atomic E-state index is 13.9. The number of nitrogens with zero attached hydrogens (tertiary/aromatic N) is 2. The van der Waals surface area contributed by atoms with Crippen LogP contribution in [0.3, 0.4) is 0 Å². The fourth-order valence-corrected chi connectivity index (χ4v) is 5.51. The summed E-state index contributed by atoms with van der Waals surface area (Å²) in [6.45, 7) is 6.48. The number of rotatable bonds is 3. The minimum atomic E-state index is -1.06. The summed E-state index contributed by atoms with van der Waals surface area (Å²) in [6, 6.07) is 15.9. The Hall–Kier alpha value is -2.79. The van der Waals surface area contributed by atoms with E-state index < -0.39 is 5.54 Å². The molecule has 0 radical (unpaired) electrons. The molecule has 3 heterocycles. The summed E-state index contributed by atoms with van der Waals surface area (Å²) in [6.07, 6.45) is 0.802. The molecule has 2 aliphatic heterocycles. The van der Waals surface area contributed by atoms with Gasteiger partial charge in [0.15, 0.2) is 5.54 Å². The zero-order valence-electron chi connectivity index (χ0n) is 18.0. The molecule has 160 valence electrons. The van der Waals surface area contributed by atoms with E-state index in [1.807, 2.05) is 63.2 Å². The molecule has 1 N–H and O–H groups in total. The zero-order chi connectivity index (χ0) is 21.9. The Morgan fingerprint density at radius 3 is 2.61 bits per heavy atom. The molecule has 2 aliphatic rings. The fraction of sp³-hybridized carbons (Fsp3) is 0.360. The number of nitrogens with one attached hydrogen (secondary N) is 1. The highest BCUT2D eigenvalue weighted by Gasteiger charge is 2.56. The van der Waals surface area contributed by atoms with Gasteiger partial charge < -0.3 is 14.8 Å². The van der Waals surface area contributed by atoms with Crippen LogP contribution in [-0.2, 0) is 15.1 Å². The Bertz CT molecular complexity index is 1200. The number of amides is 2. The first-order chi connectivity index (χ1) is 14.9. The molecule has 0 spiro atoms. The third kappa shape index (κ3) is 2.76. The van der Waals surface area contributed by atoms with E-state index in [4.69, 9.17) is 11.6 Å². The number of halogens is 1. The quantitative estimate of drug-likeness (QED) is 0.651. The van der Waals surface area contributed by atoms with Crippen molar-refractivity contribution in [3.05, 3.63) is 70.4 Å². The van der Waals surface area contributed by atoms with Crippen LogP contribution in [0.1, 0.15) is 49.9 Å². The van der Waals surface area contributed by atoms with Gasteiger partial charge in [-0.15, -0.1) is 0 Å². The lowest BCUT2D eigenvalue weighted by Gasteiger charge is -2.52. The van der Waals surface area contributed by atoms with E-state index in [0.29, 0.717) is 11.6 Å². The highest BCUT2D eigenvalue weighted by molar-refractivity contribution is 6.31. The summed E-state index contributed by atoms with van der Waals surface area (Å²) in [4.78, 5) is 34.3. The van der Waals surface area contributed by atoms with Crippen LogP contribution in [0.5, 0.6) is 0 Å². The molecule has 2 aromatic carbocycles. The van der Waals surface area contributed by atoms with Gasteiger partial charge in [-0.1, -0.05) is 54.9 Å². The van der Waals surface area contributed by atoms with Gasteiger partial charge >= 0.3 is 0 Å². The summed E-state index contributed by atoms with van der Waals surface area (Å²) in [7, 11) is 0. The lowest BCUT2D eigenvalue weighted by atomic mass is 9.76. The largest absolute Gasteiger partial charge is 0.356 e. The second kappa shape index (κ2) is 7.13. The lowest BCUT2D eigenvalue weighted by Crippen LogP contribution is -2.68. The van der Waals surface area contributed by atoms with Gasteiger partial charge in [-0.05, 0) is 43.5 Å². The van der Waals surface area contributed by atoms with E-state index in [0.717, 1.165) is 34.1 Å². The first kappa shape index (κ1) is 20.1. The maximum absolute atomic E-state index is 13.9. The molecular formula is C25H26ClN3O2. The highest BCUT2D eigenvalue weighted by atomic mass is 35.5. The number of carbonyl (C=O) groups is 2. The molecule has 0 bridgehead atoms. The molecule has 0 aliphatic carbocycles. The van der Waals surface area contributed by atoms with Crippen molar-refractivity contribution in [2.45, 2.75) is 44.7 Å². The van der Waals surface area contributed by atoms with Crippen molar-refractivity contribution >= 4 is 34.3 Å². The van der Waals surface area contributed by atoms with Crippen molar-refractivity contribution in [3.8, 4) is 0 Å². The van der Waals surface area contributed by atoms with Gasteiger partial charge in [-0.25, -0.2) is 0 Å². The van der Waals surface area contributed by atoms with E-state index in [1.54, 1.807) is 9.80 Å². The number of carbonyl (C=O) groups excluding carboxylic acids is 2. The van der Waals surface area contributed by atoms with Crippen molar-refractivity contribution in [2.75, 3.05) is 13.1 Å². The van der Waals surface area contributed by atoms with E-state index in [9.17, 15) is 9.59 Å². The maximum Gasteiger partial charge on any atom is 0.255 e. The van der Waals surface area contributed by atoms with Gasteiger partial charge in [-0.2, -0.15) is 0 Å². The molecule has 3 unspecified atom stereocenters. The number of aromatic nitrogens is 1. The molecule has 1 fully saturated rings. The van der Waals surface area contributed by atoms with Crippen molar-refractivity contribution in [3.63, 3.8) is 0 Å². The highest BCUT2D eigenvalue weighted by Crippen LogP contribution is 2.49. The molecule has 5 rings (SSSR count). The van der Waals surface area contributed by atoms with Gasteiger partial charge in [0.2, 0.25) is 5.91 Å². The van der Waals surface area contributed by atoms with E-state index >= 15 is 0 Å². The monoisotopic (exact) mass is 435 g/mol. The molecule has 3 atom stereocenters. The van der Waals surface area contributed by atoms with Crippen molar-refractivity contribution in [2.24, 2.45) is 0 Å². The van der Waals surface area contributed by atoms with Crippen LogP contribution >= 0.6 is 11.6 Å². The average Bonchev–Trinajstić information content (AvgIpc) is 3.17. The van der Waals surface area contributed by atoms with Gasteiger partial charge in [-0.3, -0.25) is 9.59 Å². The molecule has 0 saturated carbocycles. The Labute approximate surface area is 187 Å². The first-order valence-corrected chi connectivity index (χ1v) is 11.2. The van der Waals surface area contributed by atoms with Crippen LogP contribution in [0.2, 0.25) is 5.02 Å². The summed E-state index contributed by atoms with van der Waals surface area (Å²) >= 11 is 6.61. The number of H-pyrrole nitrogens is 1. The third-order valence-corrected chi connectivity index (χ3v) is 7.52. The zero-order valence-corrected chi connectivity index (χ0v) is 18.7. The fourth-order valence-electron chi connectivity index (χ4n) is 5.24.